The highest BCUT2D eigenvalue weighted by Gasteiger charge is 2.26. The van der Waals surface area contributed by atoms with Crippen LogP contribution in [0.3, 0.4) is 0 Å². The molecule has 5 heteroatoms. The third-order valence-corrected chi connectivity index (χ3v) is 4.97. The van der Waals surface area contributed by atoms with Gasteiger partial charge >= 0.3 is 5.97 Å². The molecule has 0 spiro atoms. The molecule has 1 aromatic rings. The van der Waals surface area contributed by atoms with Gasteiger partial charge in [0.2, 0.25) is 0 Å². The summed E-state index contributed by atoms with van der Waals surface area (Å²) in [5.41, 5.74) is 0.408. The lowest BCUT2D eigenvalue weighted by atomic mass is 9.95. The van der Waals surface area contributed by atoms with Crippen LogP contribution in [0.25, 0.3) is 0 Å². The molecule has 0 radical (unpaired) electrons. The quantitative estimate of drug-likeness (QED) is 0.835. The fourth-order valence-corrected chi connectivity index (χ4v) is 3.74. The first-order valence-corrected chi connectivity index (χ1v) is 8.13. The Balaban J connectivity index is 3.32. The third kappa shape index (κ3) is 3.80. The summed E-state index contributed by atoms with van der Waals surface area (Å²) in [5.74, 6) is -1.68. The largest absolute Gasteiger partial charge is 0.481 e. The van der Waals surface area contributed by atoms with E-state index < -0.39 is 21.7 Å². The van der Waals surface area contributed by atoms with Gasteiger partial charge in [-0.15, -0.1) is 0 Å². The smallest absolute Gasteiger partial charge is 0.311 e. The van der Waals surface area contributed by atoms with Gasteiger partial charge < -0.3 is 5.11 Å². The van der Waals surface area contributed by atoms with E-state index in [1.807, 2.05) is 6.92 Å². The molecule has 1 unspecified atom stereocenters. The van der Waals surface area contributed by atoms with Gasteiger partial charge in [0, 0.05) is 0 Å². The van der Waals surface area contributed by atoms with Crippen LogP contribution in [0.2, 0.25) is 0 Å². The fraction of sp³-hybridized carbons (Fsp3) is 0.500. The first kappa shape index (κ1) is 15.7. The van der Waals surface area contributed by atoms with Crippen molar-refractivity contribution in [3.05, 3.63) is 29.8 Å². The maximum Gasteiger partial charge on any atom is 0.311 e. The number of benzene rings is 1. The van der Waals surface area contributed by atoms with Crippen LogP contribution in [0, 0.1) is 0 Å². The molecule has 0 aromatic heterocycles. The molecule has 1 rings (SSSR count). The molecular formula is C14H20O4S. The highest BCUT2D eigenvalue weighted by Crippen LogP contribution is 2.28. The molecule has 0 saturated carbocycles. The first-order chi connectivity index (χ1) is 8.94. The standard InChI is InChI=1S/C14H20O4S/c1-3-7-12(14(15)16)11-8-5-6-9-13(11)19(17,18)10-4-2/h5-6,8-9,12H,3-4,7,10H2,1-2H3,(H,15,16). The molecule has 106 valence electrons. The fourth-order valence-electron chi connectivity index (χ4n) is 2.13. The predicted molar refractivity (Wildman–Crippen MR) is 74.1 cm³/mol. The van der Waals surface area contributed by atoms with Gasteiger partial charge in [-0.2, -0.15) is 0 Å². The van der Waals surface area contributed by atoms with E-state index in [2.05, 4.69) is 0 Å². The molecule has 0 amide bonds. The maximum atomic E-state index is 12.2. The molecule has 0 fully saturated rings. The number of carboxylic acid groups (broad SMARTS) is 1. The van der Waals surface area contributed by atoms with Crippen LogP contribution < -0.4 is 0 Å². The monoisotopic (exact) mass is 284 g/mol. The topological polar surface area (TPSA) is 71.4 Å². The Morgan fingerprint density at radius 3 is 2.37 bits per heavy atom. The molecule has 0 bridgehead atoms. The molecule has 0 saturated heterocycles. The second-order valence-corrected chi connectivity index (χ2v) is 6.61. The molecule has 0 heterocycles. The van der Waals surface area contributed by atoms with Crippen molar-refractivity contribution in [2.75, 3.05) is 5.75 Å². The lowest BCUT2D eigenvalue weighted by Crippen LogP contribution is -2.17. The molecule has 4 nitrogen and oxygen atoms in total. The van der Waals surface area contributed by atoms with Crippen LogP contribution in [-0.2, 0) is 14.6 Å². The van der Waals surface area contributed by atoms with Gasteiger partial charge in [0.25, 0.3) is 0 Å². The summed E-state index contributed by atoms with van der Waals surface area (Å²) in [6.07, 6.45) is 1.65. The SMILES string of the molecule is CCCC(C(=O)O)c1ccccc1S(=O)(=O)CCC. The van der Waals surface area contributed by atoms with Crippen LogP contribution in [0.4, 0.5) is 0 Å². The number of hydrogen-bond acceptors (Lipinski definition) is 3. The number of aliphatic carboxylic acids is 1. The third-order valence-electron chi connectivity index (χ3n) is 2.98. The predicted octanol–water partition coefficient (Wildman–Crippen LogP) is 2.84. The normalized spacial score (nSPS) is 13.2. The van der Waals surface area contributed by atoms with Crippen molar-refractivity contribution in [3.8, 4) is 0 Å². The Labute approximate surface area is 114 Å². The minimum atomic E-state index is -3.40. The van der Waals surface area contributed by atoms with Gasteiger partial charge in [-0.25, -0.2) is 8.42 Å². The van der Waals surface area contributed by atoms with E-state index in [0.29, 0.717) is 24.8 Å². The van der Waals surface area contributed by atoms with Crippen molar-refractivity contribution in [3.63, 3.8) is 0 Å². The van der Waals surface area contributed by atoms with Crippen LogP contribution >= 0.6 is 0 Å². The summed E-state index contributed by atoms with van der Waals surface area (Å²) in [5, 5.41) is 9.28. The molecule has 1 atom stereocenters. The average Bonchev–Trinajstić information content (AvgIpc) is 2.35. The zero-order valence-corrected chi connectivity index (χ0v) is 12.1. The molecule has 19 heavy (non-hydrogen) atoms. The zero-order chi connectivity index (χ0) is 14.5. The van der Waals surface area contributed by atoms with Gasteiger partial charge in [-0.05, 0) is 24.5 Å². The first-order valence-electron chi connectivity index (χ1n) is 6.48. The van der Waals surface area contributed by atoms with Crippen molar-refractivity contribution >= 4 is 15.8 Å². The van der Waals surface area contributed by atoms with Crippen molar-refractivity contribution < 1.29 is 18.3 Å². The minimum absolute atomic E-state index is 0.0441. The van der Waals surface area contributed by atoms with Crippen molar-refractivity contribution in [1.82, 2.24) is 0 Å². The summed E-state index contributed by atoms with van der Waals surface area (Å²) >= 11 is 0. The van der Waals surface area contributed by atoms with Crippen molar-refractivity contribution in [2.45, 2.75) is 43.9 Å². The van der Waals surface area contributed by atoms with Crippen LogP contribution in [0.5, 0.6) is 0 Å². The van der Waals surface area contributed by atoms with E-state index in [9.17, 15) is 18.3 Å². The molecule has 1 aromatic carbocycles. The van der Waals surface area contributed by atoms with E-state index in [1.54, 1.807) is 25.1 Å². The molecular weight excluding hydrogens is 264 g/mol. The van der Waals surface area contributed by atoms with E-state index in [-0.39, 0.29) is 10.6 Å². The Kier molecular flexibility index (Phi) is 5.54. The van der Waals surface area contributed by atoms with Crippen LogP contribution in [0.1, 0.15) is 44.6 Å². The van der Waals surface area contributed by atoms with Gasteiger partial charge in [-0.1, -0.05) is 38.5 Å². The lowest BCUT2D eigenvalue weighted by Gasteiger charge is -2.16. The van der Waals surface area contributed by atoms with Crippen molar-refractivity contribution in [1.29, 1.82) is 0 Å². The van der Waals surface area contributed by atoms with Crippen LogP contribution in [0.15, 0.2) is 29.2 Å². The number of hydrogen-bond donors (Lipinski definition) is 1. The Bertz CT molecular complexity index is 534. The molecule has 0 aliphatic rings. The van der Waals surface area contributed by atoms with E-state index in [4.69, 9.17) is 0 Å². The van der Waals surface area contributed by atoms with Gasteiger partial charge in [-0.3, -0.25) is 4.79 Å². The Morgan fingerprint density at radius 2 is 1.84 bits per heavy atom. The van der Waals surface area contributed by atoms with Crippen LogP contribution in [-0.4, -0.2) is 25.2 Å². The van der Waals surface area contributed by atoms with E-state index >= 15 is 0 Å². The summed E-state index contributed by atoms with van der Waals surface area (Å²) in [6.45, 7) is 3.68. The van der Waals surface area contributed by atoms with E-state index in [1.165, 1.54) is 6.07 Å². The zero-order valence-electron chi connectivity index (χ0n) is 11.3. The summed E-state index contributed by atoms with van der Waals surface area (Å²) in [6, 6.07) is 6.44. The molecule has 1 N–H and O–H groups in total. The Morgan fingerprint density at radius 1 is 1.21 bits per heavy atom. The molecule has 0 aliphatic carbocycles. The maximum absolute atomic E-state index is 12.2. The average molecular weight is 284 g/mol. The lowest BCUT2D eigenvalue weighted by molar-refractivity contribution is -0.139. The van der Waals surface area contributed by atoms with Gasteiger partial charge in [0.05, 0.1) is 16.6 Å². The summed E-state index contributed by atoms with van der Waals surface area (Å²) < 4.78 is 24.4. The number of sulfone groups is 1. The van der Waals surface area contributed by atoms with Gasteiger partial charge in [0.15, 0.2) is 9.84 Å². The second-order valence-electron chi connectivity index (χ2n) is 4.54. The summed E-state index contributed by atoms with van der Waals surface area (Å²) in [7, 11) is -3.40. The van der Waals surface area contributed by atoms with Gasteiger partial charge in [0.1, 0.15) is 0 Å². The summed E-state index contributed by atoms with van der Waals surface area (Å²) in [4.78, 5) is 11.5. The van der Waals surface area contributed by atoms with Crippen molar-refractivity contribution in [2.24, 2.45) is 0 Å². The highest BCUT2D eigenvalue weighted by atomic mass is 32.2. The number of rotatable bonds is 7. The molecule has 0 aliphatic heterocycles. The minimum Gasteiger partial charge on any atom is -0.481 e. The Hall–Kier alpha value is -1.36. The number of carbonyl (C=O) groups is 1. The highest BCUT2D eigenvalue weighted by molar-refractivity contribution is 7.91. The second kappa shape index (κ2) is 6.70. The van der Waals surface area contributed by atoms with E-state index in [0.717, 1.165) is 0 Å². The number of carboxylic acids is 1.